The topological polar surface area (TPSA) is 138 Å². The quantitative estimate of drug-likeness (QED) is 0.512. The number of carboxylic acid groups (broad SMARTS) is 1. The number of carbonyl (C=O) groups is 4. The molecule has 0 aromatic carbocycles. The molecule has 0 aliphatic heterocycles. The van der Waals surface area contributed by atoms with Crippen LogP contribution in [0.1, 0.15) is 58.8 Å². The molecule has 0 unspecified atom stereocenters. The highest BCUT2D eigenvalue weighted by molar-refractivity contribution is 6.01. The first kappa shape index (κ1) is 23.8. The van der Waals surface area contributed by atoms with Crippen LogP contribution in [0.25, 0.3) is 0 Å². The van der Waals surface area contributed by atoms with E-state index in [0.29, 0.717) is 6.42 Å². The maximum absolute atomic E-state index is 13.1. The maximum Gasteiger partial charge on any atom is 0.306 e. The van der Waals surface area contributed by atoms with E-state index in [-0.39, 0.29) is 49.2 Å². The van der Waals surface area contributed by atoms with Crippen LogP contribution in [-0.4, -0.2) is 57.1 Å². The largest absolute Gasteiger partial charge is 0.481 e. The summed E-state index contributed by atoms with van der Waals surface area (Å²) >= 11 is 0. The van der Waals surface area contributed by atoms with Gasteiger partial charge in [0.1, 0.15) is 5.60 Å². The zero-order valence-corrected chi connectivity index (χ0v) is 19.1. The second-order valence-electron chi connectivity index (χ2n) is 10.6. The van der Waals surface area contributed by atoms with Crippen molar-refractivity contribution in [2.75, 3.05) is 6.61 Å². The predicted molar refractivity (Wildman–Crippen MR) is 116 cm³/mol. The van der Waals surface area contributed by atoms with Crippen LogP contribution in [0.4, 0.5) is 0 Å². The van der Waals surface area contributed by atoms with Gasteiger partial charge >= 0.3 is 11.9 Å². The van der Waals surface area contributed by atoms with Gasteiger partial charge < -0.3 is 20.1 Å². The van der Waals surface area contributed by atoms with Crippen LogP contribution in [0.5, 0.6) is 0 Å². The Morgan fingerprint density at radius 2 is 1.91 bits per heavy atom. The number of esters is 1. The molecule has 33 heavy (non-hydrogen) atoms. The summed E-state index contributed by atoms with van der Waals surface area (Å²) in [6, 6.07) is 0. The first-order valence-corrected chi connectivity index (χ1v) is 11.7. The fourth-order valence-electron chi connectivity index (χ4n) is 7.34. The number of carboxylic acids is 1. The number of aliphatic carboxylic acids is 1. The average Bonchev–Trinajstić information content (AvgIpc) is 3.02. The molecule has 0 aromatic rings. The summed E-state index contributed by atoms with van der Waals surface area (Å²) in [5.41, 5.74) is -1.99. The van der Waals surface area contributed by atoms with Crippen molar-refractivity contribution < 1.29 is 39.2 Å². The molecule has 0 aromatic heterocycles. The molecule has 0 spiro atoms. The molecule has 8 heteroatoms. The number of ether oxygens (including phenoxy) is 1. The van der Waals surface area contributed by atoms with Gasteiger partial charge in [-0.1, -0.05) is 25.5 Å². The van der Waals surface area contributed by atoms with Gasteiger partial charge in [0.25, 0.3) is 0 Å². The van der Waals surface area contributed by atoms with Crippen LogP contribution in [0.3, 0.4) is 0 Å². The SMILES string of the molecule is C[C@]12C=CC(=O)C=C1CC[C@@H]1[C@@H]2[C@H](O)C[C@@]2(C)[C@@H]1CC[C@]2(O)C(=O)COC(=O)CCC(=O)O. The minimum Gasteiger partial charge on any atom is -0.481 e. The second kappa shape index (κ2) is 8.17. The van der Waals surface area contributed by atoms with Crippen LogP contribution < -0.4 is 0 Å². The van der Waals surface area contributed by atoms with Gasteiger partial charge in [0.05, 0.1) is 18.9 Å². The van der Waals surface area contributed by atoms with Crippen molar-refractivity contribution in [3.8, 4) is 0 Å². The number of rotatable bonds is 6. The van der Waals surface area contributed by atoms with Gasteiger partial charge in [-0.25, -0.2) is 0 Å². The molecule has 180 valence electrons. The third-order valence-corrected chi connectivity index (χ3v) is 9.02. The Kier molecular flexibility index (Phi) is 5.90. The molecule has 0 radical (unpaired) electrons. The monoisotopic (exact) mass is 460 g/mol. The highest BCUT2D eigenvalue weighted by Crippen LogP contribution is 2.67. The summed E-state index contributed by atoms with van der Waals surface area (Å²) in [6.45, 7) is 3.30. The number of hydrogen-bond acceptors (Lipinski definition) is 7. The zero-order valence-electron chi connectivity index (χ0n) is 19.1. The van der Waals surface area contributed by atoms with Gasteiger partial charge in [0.2, 0.25) is 5.78 Å². The summed E-state index contributed by atoms with van der Waals surface area (Å²) in [4.78, 5) is 47.4. The average molecular weight is 461 g/mol. The van der Waals surface area contributed by atoms with Gasteiger partial charge in [-0.15, -0.1) is 0 Å². The van der Waals surface area contributed by atoms with Crippen molar-refractivity contribution in [3.05, 3.63) is 23.8 Å². The van der Waals surface area contributed by atoms with E-state index in [1.165, 1.54) is 0 Å². The number of aliphatic hydroxyl groups is 2. The lowest BCUT2D eigenvalue weighted by Gasteiger charge is -2.59. The molecule has 3 saturated carbocycles. The van der Waals surface area contributed by atoms with Crippen LogP contribution in [0.15, 0.2) is 23.8 Å². The first-order valence-electron chi connectivity index (χ1n) is 11.7. The molecule has 4 aliphatic carbocycles. The summed E-state index contributed by atoms with van der Waals surface area (Å²) in [5, 5.41) is 31.6. The molecule has 0 amide bonds. The summed E-state index contributed by atoms with van der Waals surface area (Å²) in [5.74, 6) is -2.58. The zero-order chi connectivity index (χ0) is 24.2. The minimum atomic E-state index is -1.73. The standard InChI is InChI=1S/C25H32O8/c1-23-9-7-15(26)11-14(23)3-4-16-17-8-10-25(32,24(17,2)12-18(27)22(16)23)19(28)13-33-21(31)6-5-20(29)30/h7,9,11,16-18,22,27,32H,3-6,8,10,12-13H2,1-2H3,(H,29,30)/t16-,17+,18+,22+,23-,24-,25-/m0/s1. The van der Waals surface area contributed by atoms with Gasteiger partial charge in [0.15, 0.2) is 12.4 Å². The second-order valence-corrected chi connectivity index (χ2v) is 10.6. The Balaban J connectivity index is 1.53. The van der Waals surface area contributed by atoms with E-state index in [9.17, 15) is 29.4 Å². The molecule has 3 N–H and O–H groups in total. The first-order chi connectivity index (χ1) is 15.4. The van der Waals surface area contributed by atoms with E-state index in [0.717, 1.165) is 18.4 Å². The summed E-state index contributed by atoms with van der Waals surface area (Å²) in [7, 11) is 0. The third kappa shape index (κ3) is 3.67. The Morgan fingerprint density at radius 1 is 1.18 bits per heavy atom. The molecular formula is C25H32O8. The van der Waals surface area contributed by atoms with Gasteiger partial charge in [-0.3, -0.25) is 19.2 Å². The Labute approximate surface area is 192 Å². The number of ketones is 2. The van der Waals surface area contributed by atoms with Crippen molar-refractivity contribution in [2.24, 2.45) is 28.6 Å². The molecule has 7 atom stereocenters. The maximum atomic E-state index is 13.1. The fraction of sp³-hybridized carbons (Fsp3) is 0.680. The van der Waals surface area contributed by atoms with Crippen LogP contribution in [0.2, 0.25) is 0 Å². The van der Waals surface area contributed by atoms with Crippen molar-refractivity contribution in [2.45, 2.75) is 70.5 Å². The highest BCUT2D eigenvalue weighted by atomic mass is 16.5. The van der Waals surface area contributed by atoms with Crippen LogP contribution >= 0.6 is 0 Å². The summed E-state index contributed by atoms with van der Waals surface area (Å²) < 4.78 is 4.96. The Morgan fingerprint density at radius 3 is 2.61 bits per heavy atom. The van der Waals surface area contributed by atoms with E-state index in [1.54, 1.807) is 12.2 Å². The lowest BCUT2D eigenvalue weighted by Crippen LogP contribution is -2.61. The number of Topliss-reactive ketones (excluding diaryl/α,β-unsaturated/α-hetero) is 1. The number of aliphatic hydroxyl groups excluding tert-OH is 1. The van der Waals surface area contributed by atoms with Crippen molar-refractivity contribution in [3.63, 3.8) is 0 Å². The third-order valence-electron chi connectivity index (χ3n) is 9.02. The normalized spacial score (nSPS) is 41.5. The molecule has 4 rings (SSSR count). The minimum absolute atomic E-state index is 0.00645. The summed E-state index contributed by atoms with van der Waals surface area (Å²) in [6.07, 6.45) is 6.27. The predicted octanol–water partition coefficient (Wildman–Crippen LogP) is 1.97. The van der Waals surface area contributed by atoms with E-state index in [1.807, 2.05) is 13.0 Å². The van der Waals surface area contributed by atoms with Gasteiger partial charge in [-0.05, 0) is 56.1 Å². The lowest BCUT2D eigenvalue weighted by atomic mass is 9.46. The molecule has 4 aliphatic rings. The van der Waals surface area contributed by atoms with E-state index in [2.05, 4.69) is 6.92 Å². The molecule has 3 fully saturated rings. The lowest BCUT2D eigenvalue weighted by molar-refractivity contribution is -0.181. The van der Waals surface area contributed by atoms with Crippen molar-refractivity contribution in [1.82, 2.24) is 0 Å². The number of hydrogen-bond donors (Lipinski definition) is 3. The highest BCUT2D eigenvalue weighted by Gasteiger charge is 2.68. The van der Waals surface area contributed by atoms with Gasteiger partial charge in [0, 0.05) is 16.7 Å². The van der Waals surface area contributed by atoms with Crippen LogP contribution in [0, 0.1) is 28.6 Å². The molecule has 0 bridgehead atoms. The van der Waals surface area contributed by atoms with Gasteiger partial charge in [-0.2, -0.15) is 0 Å². The number of carbonyl (C=O) groups excluding carboxylic acids is 3. The smallest absolute Gasteiger partial charge is 0.306 e. The fourth-order valence-corrected chi connectivity index (χ4v) is 7.34. The van der Waals surface area contributed by atoms with Crippen molar-refractivity contribution >= 4 is 23.5 Å². The Bertz CT molecular complexity index is 950. The Hall–Kier alpha value is -2.32. The molecule has 8 nitrogen and oxygen atoms in total. The van der Waals surface area contributed by atoms with E-state index >= 15 is 0 Å². The molecule has 0 saturated heterocycles. The van der Waals surface area contributed by atoms with Crippen LogP contribution in [-0.2, 0) is 23.9 Å². The number of fused-ring (bicyclic) bond motifs is 5. The van der Waals surface area contributed by atoms with E-state index in [4.69, 9.17) is 9.84 Å². The molecule has 0 heterocycles. The number of allylic oxidation sites excluding steroid dienone is 4. The van der Waals surface area contributed by atoms with Crippen molar-refractivity contribution in [1.29, 1.82) is 0 Å². The molecular weight excluding hydrogens is 428 g/mol. The van der Waals surface area contributed by atoms with E-state index < -0.39 is 46.9 Å².